The Bertz CT molecular complexity index is 315. The van der Waals surface area contributed by atoms with Crippen LogP contribution >= 0.6 is 0 Å². The van der Waals surface area contributed by atoms with Crippen molar-refractivity contribution >= 4 is 0 Å². The maximum atomic E-state index is 9.17. The highest BCUT2D eigenvalue weighted by atomic mass is 16.3. The van der Waals surface area contributed by atoms with Crippen molar-refractivity contribution in [1.29, 1.82) is 0 Å². The van der Waals surface area contributed by atoms with E-state index >= 15 is 0 Å². The number of hydrogen-bond acceptors (Lipinski definition) is 2. The van der Waals surface area contributed by atoms with E-state index in [0.29, 0.717) is 5.92 Å². The maximum Gasteiger partial charge on any atom is 0.0546 e. The van der Waals surface area contributed by atoms with E-state index in [2.05, 4.69) is 35.3 Å². The number of rotatable bonds is 6. The van der Waals surface area contributed by atoms with Crippen molar-refractivity contribution in [2.24, 2.45) is 5.92 Å². The molecule has 3 heteroatoms. The fraction of sp³-hybridized carbons (Fsp3) is 0.692. The van der Waals surface area contributed by atoms with E-state index in [0.717, 1.165) is 32.5 Å². The van der Waals surface area contributed by atoms with Gasteiger partial charge in [0.05, 0.1) is 6.10 Å². The third-order valence-corrected chi connectivity index (χ3v) is 3.27. The van der Waals surface area contributed by atoms with Gasteiger partial charge in [-0.2, -0.15) is 0 Å². The molecular formula is C13H22N2O. The van der Waals surface area contributed by atoms with Crippen LogP contribution in [-0.2, 0) is 13.1 Å². The van der Waals surface area contributed by atoms with Gasteiger partial charge >= 0.3 is 0 Å². The molecule has 1 aromatic rings. The van der Waals surface area contributed by atoms with Gasteiger partial charge in [0.15, 0.2) is 0 Å². The van der Waals surface area contributed by atoms with Gasteiger partial charge in [0.2, 0.25) is 0 Å². The molecule has 0 amide bonds. The number of aromatic nitrogens is 1. The van der Waals surface area contributed by atoms with Crippen LogP contribution in [0.3, 0.4) is 0 Å². The molecule has 1 fully saturated rings. The minimum Gasteiger partial charge on any atom is -0.393 e. The lowest BCUT2D eigenvalue weighted by Gasteiger charge is -2.31. The first-order chi connectivity index (χ1) is 7.78. The fourth-order valence-corrected chi connectivity index (χ4v) is 2.28. The summed E-state index contributed by atoms with van der Waals surface area (Å²) >= 11 is 0. The molecule has 0 spiro atoms. The van der Waals surface area contributed by atoms with E-state index in [4.69, 9.17) is 5.11 Å². The standard InChI is InChI=1S/C13H22N2O/c1-2-4-15-5-3-11(10-15)8-14-9-12-6-13(16)7-12/h3,5,10,12-14,16H,2,4,6-9H2,1H3. The third-order valence-electron chi connectivity index (χ3n) is 3.27. The SMILES string of the molecule is CCCn1ccc(CNCC2CC(O)C2)c1. The first-order valence-corrected chi connectivity index (χ1v) is 6.31. The monoisotopic (exact) mass is 222 g/mol. The summed E-state index contributed by atoms with van der Waals surface area (Å²) < 4.78 is 2.24. The smallest absolute Gasteiger partial charge is 0.0546 e. The predicted octanol–water partition coefficient (Wildman–Crippen LogP) is 1.76. The number of aliphatic hydroxyl groups excluding tert-OH is 1. The molecular weight excluding hydrogens is 200 g/mol. The Labute approximate surface area is 97.5 Å². The van der Waals surface area contributed by atoms with Crippen molar-refractivity contribution < 1.29 is 5.11 Å². The second-order valence-electron chi connectivity index (χ2n) is 4.88. The van der Waals surface area contributed by atoms with E-state index in [9.17, 15) is 0 Å². The molecule has 0 aliphatic heterocycles. The van der Waals surface area contributed by atoms with E-state index in [1.165, 1.54) is 12.0 Å². The second kappa shape index (κ2) is 5.51. The minimum atomic E-state index is -0.0302. The second-order valence-corrected chi connectivity index (χ2v) is 4.88. The molecule has 0 unspecified atom stereocenters. The zero-order valence-corrected chi connectivity index (χ0v) is 10.0. The molecule has 1 saturated carbocycles. The zero-order valence-electron chi connectivity index (χ0n) is 10.0. The highest BCUT2D eigenvalue weighted by Crippen LogP contribution is 2.26. The molecule has 1 aliphatic rings. The molecule has 3 nitrogen and oxygen atoms in total. The summed E-state index contributed by atoms with van der Waals surface area (Å²) in [4.78, 5) is 0. The van der Waals surface area contributed by atoms with Crippen LogP contribution in [0.15, 0.2) is 18.5 Å². The van der Waals surface area contributed by atoms with E-state index in [1.807, 2.05) is 0 Å². The van der Waals surface area contributed by atoms with Gasteiger partial charge in [-0.3, -0.25) is 0 Å². The van der Waals surface area contributed by atoms with E-state index < -0.39 is 0 Å². The molecule has 0 atom stereocenters. The molecule has 2 rings (SSSR count). The van der Waals surface area contributed by atoms with Crippen molar-refractivity contribution in [2.45, 2.75) is 45.4 Å². The molecule has 1 heterocycles. The Hall–Kier alpha value is -0.800. The number of aliphatic hydroxyl groups is 1. The average molecular weight is 222 g/mol. The van der Waals surface area contributed by atoms with Gasteiger partial charge in [0, 0.05) is 25.5 Å². The van der Waals surface area contributed by atoms with Crippen molar-refractivity contribution in [3.63, 3.8) is 0 Å². The number of nitrogens with zero attached hydrogens (tertiary/aromatic N) is 1. The Balaban J connectivity index is 1.64. The Morgan fingerprint density at radius 3 is 3.00 bits per heavy atom. The normalized spacial score (nSPS) is 24.4. The average Bonchev–Trinajstić information content (AvgIpc) is 2.64. The van der Waals surface area contributed by atoms with Crippen LogP contribution in [0, 0.1) is 5.92 Å². The highest BCUT2D eigenvalue weighted by molar-refractivity contribution is 5.09. The molecule has 90 valence electrons. The van der Waals surface area contributed by atoms with Crippen LogP contribution in [0.4, 0.5) is 0 Å². The summed E-state index contributed by atoms with van der Waals surface area (Å²) in [7, 11) is 0. The van der Waals surface area contributed by atoms with Crippen LogP contribution in [0.5, 0.6) is 0 Å². The van der Waals surface area contributed by atoms with Crippen LogP contribution in [0.1, 0.15) is 31.7 Å². The fourth-order valence-electron chi connectivity index (χ4n) is 2.28. The summed E-state index contributed by atoms with van der Waals surface area (Å²) in [5.41, 5.74) is 1.35. The summed E-state index contributed by atoms with van der Waals surface area (Å²) in [5, 5.41) is 12.6. The van der Waals surface area contributed by atoms with Gasteiger partial charge < -0.3 is 15.0 Å². The molecule has 0 bridgehead atoms. The minimum absolute atomic E-state index is 0.0302. The lowest BCUT2D eigenvalue weighted by Crippen LogP contribution is -2.35. The topological polar surface area (TPSA) is 37.2 Å². The summed E-state index contributed by atoms with van der Waals surface area (Å²) in [5.74, 6) is 0.688. The number of aryl methyl sites for hydroxylation is 1. The number of nitrogens with one attached hydrogen (secondary N) is 1. The molecule has 16 heavy (non-hydrogen) atoms. The van der Waals surface area contributed by atoms with Gasteiger partial charge in [-0.05, 0) is 43.4 Å². The molecule has 0 saturated heterocycles. The first kappa shape index (κ1) is 11.7. The summed E-state index contributed by atoms with van der Waals surface area (Å²) in [6, 6.07) is 2.18. The van der Waals surface area contributed by atoms with Gasteiger partial charge in [0.25, 0.3) is 0 Å². The quantitative estimate of drug-likeness (QED) is 0.769. The van der Waals surface area contributed by atoms with Crippen LogP contribution in [0.25, 0.3) is 0 Å². The summed E-state index contributed by atoms with van der Waals surface area (Å²) in [6.07, 6.45) is 7.46. The summed E-state index contributed by atoms with van der Waals surface area (Å²) in [6.45, 7) is 5.29. The van der Waals surface area contributed by atoms with Crippen molar-refractivity contribution in [1.82, 2.24) is 9.88 Å². The Morgan fingerprint density at radius 1 is 1.50 bits per heavy atom. The molecule has 1 aromatic heterocycles. The van der Waals surface area contributed by atoms with E-state index in [-0.39, 0.29) is 6.10 Å². The van der Waals surface area contributed by atoms with E-state index in [1.54, 1.807) is 0 Å². The first-order valence-electron chi connectivity index (χ1n) is 6.31. The Morgan fingerprint density at radius 2 is 2.31 bits per heavy atom. The lowest BCUT2D eigenvalue weighted by atomic mass is 9.82. The van der Waals surface area contributed by atoms with Gasteiger partial charge in [-0.15, -0.1) is 0 Å². The predicted molar refractivity (Wildman–Crippen MR) is 65.2 cm³/mol. The molecule has 0 radical (unpaired) electrons. The highest BCUT2D eigenvalue weighted by Gasteiger charge is 2.26. The third kappa shape index (κ3) is 3.09. The van der Waals surface area contributed by atoms with Crippen LogP contribution in [0.2, 0.25) is 0 Å². The zero-order chi connectivity index (χ0) is 11.4. The largest absolute Gasteiger partial charge is 0.393 e. The number of hydrogen-bond donors (Lipinski definition) is 2. The molecule has 1 aliphatic carbocycles. The van der Waals surface area contributed by atoms with Crippen LogP contribution in [-0.4, -0.2) is 22.3 Å². The molecule has 0 aromatic carbocycles. The maximum absolute atomic E-state index is 9.17. The molecule has 2 N–H and O–H groups in total. The van der Waals surface area contributed by atoms with Gasteiger partial charge in [-0.1, -0.05) is 6.92 Å². The van der Waals surface area contributed by atoms with Gasteiger partial charge in [0.1, 0.15) is 0 Å². The van der Waals surface area contributed by atoms with Crippen LogP contribution < -0.4 is 5.32 Å². The lowest BCUT2D eigenvalue weighted by molar-refractivity contribution is 0.0430. The van der Waals surface area contributed by atoms with Crippen molar-refractivity contribution in [3.8, 4) is 0 Å². The van der Waals surface area contributed by atoms with Crippen molar-refractivity contribution in [3.05, 3.63) is 24.0 Å². The Kier molecular flexibility index (Phi) is 4.02. The van der Waals surface area contributed by atoms with Crippen molar-refractivity contribution in [2.75, 3.05) is 6.54 Å². The van der Waals surface area contributed by atoms with Gasteiger partial charge in [-0.25, -0.2) is 0 Å².